The van der Waals surface area contributed by atoms with Crippen LogP contribution in [0.15, 0.2) is 12.2 Å². The molecule has 1 N–H and O–H groups in total. The molecule has 0 rings (SSSR count). The second-order valence-electron chi connectivity index (χ2n) is 14.9. The minimum atomic E-state index is -0.697. The zero-order valence-electron chi connectivity index (χ0n) is 32.6. The summed E-state index contributed by atoms with van der Waals surface area (Å²) in [6.07, 6.45) is 49.5. The first-order valence-corrected chi connectivity index (χ1v) is 21.7. The molecular formula is C44H84O4. The van der Waals surface area contributed by atoms with Crippen LogP contribution in [0.5, 0.6) is 0 Å². The zero-order valence-corrected chi connectivity index (χ0v) is 32.6. The number of unbranched alkanes of at least 4 members (excludes halogenated alkanes) is 29. The normalized spacial score (nSPS) is 12.2. The number of ether oxygens (including phenoxy) is 1. The van der Waals surface area contributed by atoms with Crippen LogP contribution < -0.4 is 0 Å². The molecule has 0 aromatic heterocycles. The lowest BCUT2D eigenvalue weighted by atomic mass is 10.0. The molecule has 0 bridgehead atoms. The van der Waals surface area contributed by atoms with Crippen molar-refractivity contribution in [3.63, 3.8) is 0 Å². The zero-order chi connectivity index (χ0) is 35.0. The standard InChI is InChI=1S/C44H84O4/c1-3-5-7-9-11-13-15-17-19-21-23-25-27-30-34-38-42(39-35-31-29-32-36-40-43(45)46)48-44(47)41-37-33-28-26-24-22-20-18-16-14-12-10-8-6-4-2/h18,20,42H,3-17,19,21-41H2,1-2H3,(H,45,46)/b20-18-. The van der Waals surface area contributed by atoms with E-state index in [0.717, 1.165) is 64.2 Å². The van der Waals surface area contributed by atoms with E-state index >= 15 is 0 Å². The topological polar surface area (TPSA) is 63.6 Å². The molecule has 1 unspecified atom stereocenters. The second kappa shape index (κ2) is 40.1. The molecular weight excluding hydrogens is 592 g/mol. The average Bonchev–Trinajstić information content (AvgIpc) is 3.07. The second-order valence-corrected chi connectivity index (χ2v) is 14.9. The molecule has 4 heteroatoms. The fraction of sp³-hybridized carbons (Fsp3) is 0.909. The third kappa shape index (κ3) is 39.1. The lowest BCUT2D eigenvalue weighted by Crippen LogP contribution is -2.18. The monoisotopic (exact) mass is 677 g/mol. The highest BCUT2D eigenvalue weighted by Crippen LogP contribution is 2.19. The minimum Gasteiger partial charge on any atom is -0.481 e. The van der Waals surface area contributed by atoms with Gasteiger partial charge >= 0.3 is 11.9 Å². The maximum absolute atomic E-state index is 12.7. The number of esters is 1. The van der Waals surface area contributed by atoms with Crippen molar-refractivity contribution in [3.8, 4) is 0 Å². The molecule has 0 aliphatic carbocycles. The molecule has 0 aromatic rings. The van der Waals surface area contributed by atoms with E-state index in [0.29, 0.717) is 6.42 Å². The maximum Gasteiger partial charge on any atom is 0.306 e. The van der Waals surface area contributed by atoms with Crippen molar-refractivity contribution in [2.24, 2.45) is 0 Å². The predicted molar refractivity (Wildman–Crippen MR) is 209 cm³/mol. The predicted octanol–water partition coefficient (Wildman–Crippen LogP) is 15.0. The van der Waals surface area contributed by atoms with Gasteiger partial charge in [-0.2, -0.15) is 0 Å². The molecule has 0 amide bonds. The first kappa shape index (κ1) is 46.7. The number of allylic oxidation sites excluding steroid dienone is 2. The largest absolute Gasteiger partial charge is 0.481 e. The Balaban J connectivity index is 4.00. The number of aliphatic carboxylic acids is 1. The summed E-state index contributed by atoms with van der Waals surface area (Å²) in [6.45, 7) is 4.56. The average molecular weight is 677 g/mol. The summed E-state index contributed by atoms with van der Waals surface area (Å²) < 4.78 is 6.02. The van der Waals surface area contributed by atoms with E-state index in [9.17, 15) is 9.59 Å². The third-order valence-corrected chi connectivity index (χ3v) is 9.99. The molecule has 0 aliphatic rings. The highest BCUT2D eigenvalue weighted by molar-refractivity contribution is 5.69. The molecule has 0 spiro atoms. The Kier molecular flexibility index (Phi) is 39.0. The van der Waals surface area contributed by atoms with Crippen LogP contribution in [0, 0.1) is 0 Å². The van der Waals surface area contributed by atoms with Crippen LogP contribution in [-0.2, 0) is 14.3 Å². The quantitative estimate of drug-likeness (QED) is 0.0398. The minimum absolute atomic E-state index is 0.0000417. The molecule has 0 saturated heterocycles. The van der Waals surface area contributed by atoms with Gasteiger partial charge in [-0.05, 0) is 64.2 Å². The van der Waals surface area contributed by atoms with Crippen molar-refractivity contribution in [1.82, 2.24) is 0 Å². The fourth-order valence-electron chi connectivity index (χ4n) is 6.77. The van der Waals surface area contributed by atoms with Crippen LogP contribution >= 0.6 is 0 Å². The van der Waals surface area contributed by atoms with Gasteiger partial charge in [0, 0.05) is 12.8 Å². The van der Waals surface area contributed by atoms with Crippen molar-refractivity contribution in [2.75, 3.05) is 0 Å². The number of carbonyl (C=O) groups is 2. The van der Waals surface area contributed by atoms with E-state index in [4.69, 9.17) is 9.84 Å². The van der Waals surface area contributed by atoms with Gasteiger partial charge in [0.2, 0.25) is 0 Å². The van der Waals surface area contributed by atoms with E-state index in [2.05, 4.69) is 26.0 Å². The van der Waals surface area contributed by atoms with E-state index in [-0.39, 0.29) is 18.5 Å². The highest BCUT2D eigenvalue weighted by atomic mass is 16.5. The van der Waals surface area contributed by atoms with Crippen molar-refractivity contribution in [1.29, 1.82) is 0 Å². The summed E-state index contributed by atoms with van der Waals surface area (Å²) in [7, 11) is 0. The Morgan fingerprint density at radius 2 is 0.750 bits per heavy atom. The molecule has 0 radical (unpaired) electrons. The lowest BCUT2D eigenvalue weighted by molar-refractivity contribution is -0.150. The smallest absolute Gasteiger partial charge is 0.306 e. The van der Waals surface area contributed by atoms with Crippen molar-refractivity contribution >= 4 is 11.9 Å². The van der Waals surface area contributed by atoms with Crippen molar-refractivity contribution in [2.45, 2.75) is 258 Å². The Hall–Kier alpha value is -1.32. The summed E-state index contributed by atoms with van der Waals surface area (Å²) in [5, 5.41) is 8.84. The number of rotatable bonds is 40. The van der Waals surface area contributed by atoms with Crippen LogP contribution in [0.3, 0.4) is 0 Å². The Labute approximate surface area is 300 Å². The van der Waals surface area contributed by atoms with Gasteiger partial charge in [-0.3, -0.25) is 9.59 Å². The fourth-order valence-corrected chi connectivity index (χ4v) is 6.77. The van der Waals surface area contributed by atoms with Gasteiger partial charge in [0.05, 0.1) is 0 Å². The van der Waals surface area contributed by atoms with Crippen LogP contribution in [0.1, 0.15) is 251 Å². The van der Waals surface area contributed by atoms with E-state index in [1.165, 1.54) is 161 Å². The van der Waals surface area contributed by atoms with Crippen LogP contribution in [0.4, 0.5) is 0 Å². The van der Waals surface area contributed by atoms with E-state index in [1.54, 1.807) is 0 Å². The van der Waals surface area contributed by atoms with Crippen LogP contribution in [0.2, 0.25) is 0 Å². The number of carbonyl (C=O) groups excluding carboxylic acids is 1. The first-order chi connectivity index (χ1) is 23.6. The summed E-state index contributed by atoms with van der Waals surface area (Å²) in [5.74, 6) is -0.697. The Morgan fingerprint density at radius 3 is 1.12 bits per heavy atom. The summed E-state index contributed by atoms with van der Waals surface area (Å²) >= 11 is 0. The number of hydrogen-bond acceptors (Lipinski definition) is 3. The van der Waals surface area contributed by atoms with E-state index < -0.39 is 5.97 Å². The Morgan fingerprint density at radius 1 is 0.438 bits per heavy atom. The molecule has 1 atom stereocenters. The summed E-state index contributed by atoms with van der Waals surface area (Å²) in [5.41, 5.74) is 0. The molecule has 48 heavy (non-hydrogen) atoms. The van der Waals surface area contributed by atoms with Crippen molar-refractivity contribution < 1.29 is 19.4 Å². The third-order valence-electron chi connectivity index (χ3n) is 9.99. The molecule has 0 fully saturated rings. The molecule has 4 nitrogen and oxygen atoms in total. The van der Waals surface area contributed by atoms with Gasteiger partial charge in [0.15, 0.2) is 0 Å². The van der Waals surface area contributed by atoms with E-state index in [1.807, 2.05) is 0 Å². The van der Waals surface area contributed by atoms with Gasteiger partial charge in [0.25, 0.3) is 0 Å². The molecule has 0 aromatic carbocycles. The summed E-state index contributed by atoms with van der Waals surface area (Å²) in [4.78, 5) is 23.4. The SMILES string of the molecule is CCCCCCCC/C=C\CCCCCCCC(=O)OC(CCCCCCCCCCCCCCCCC)CCCCCCCC(=O)O. The maximum atomic E-state index is 12.7. The molecule has 0 saturated carbocycles. The highest BCUT2D eigenvalue weighted by Gasteiger charge is 2.14. The first-order valence-electron chi connectivity index (χ1n) is 21.7. The van der Waals surface area contributed by atoms with Gasteiger partial charge in [-0.1, -0.05) is 187 Å². The molecule has 284 valence electrons. The Bertz CT molecular complexity index is 687. The number of carboxylic acid groups (broad SMARTS) is 1. The number of carboxylic acids is 1. The number of hydrogen-bond donors (Lipinski definition) is 1. The van der Waals surface area contributed by atoms with Gasteiger partial charge in [-0.25, -0.2) is 0 Å². The van der Waals surface area contributed by atoms with Crippen LogP contribution in [0.25, 0.3) is 0 Å². The van der Waals surface area contributed by atoms with Crippen molar-refractivity contribution in [3.05, 3.63) is 12.2 Å². The van der Waals surface area contributed by atoms with Gasteiger partial charge < -0.3 is 9.84 Å². The molecule has 0 aliphatic heterocycles. The van der Waals surface area contributed by atoms with Crippen LogP contribution in [-0.4, -0.2) is 23.1 Å². The summed E-state index contributed by atoms with van der Waals surface area (Å²) in [6, 6.07) is 0. The lowest BCUT2D eigenvalue weighted by Gasteiger charge is -2.18. The molecule has 0 heterocycles. The van der Waals surface area contributed by atoms with Gasteiger partial charge in [-0.15, -0.1) is 0 Å². The van der Waals surface area contributed by atoms with Gasteiger partial charge in [0.1, 0.15) is 6.10 Å².